The maximum Gasteiger partial charge on any atom is 0.332 e. The predicted molar refractivity (Wildman–Crippen MR) is 117 cm³/mol. The second kappa shape index (κ2) is 11.4. The average Bonchev–Trinajstić information content (AvgIpc) is 3.30. The van der Waals surface area contributed by atoms with Crippen LogP contribution in [-0.4, -0.2) is 48.9 Å². The molecule has 3 heterocycles. The maximum absolute atomic E-state index is 11.7. The van der Waals surface area contributed by atoms with Crippen molar-refractivity contribution in [2.24, 2.45) is 14.1 Å². The number of aromatic carboxylic acids is 1. The molecule has 1 atom stereocenters. The molecule has 0 bridgehead atoms. The Morgan fingerprint density at radius 2 is 1.97 bits per heavy atom. The number of aryl methyl sites for hydroxylation is 1. The number of benzene rings is 1. The third kappa shape index (κ3) is 5.34. The van der Waals surface area contributed by atoms with E-state index in [1.54, 1.807) is 20.2 Å². The molecule has 176 valence electrons. The molecule has 0 saturated carbocycles. The van der Waals surface area contributed by atoms with Gasteiger partial charge in [0, 0.05) is 14.1 Å². The van der Waals surface area contributed by atoms with Crippen molar-refractivity contribution in [3.8, 4) is 0 Å². The van der Waals surface area contributed by atoms with Crippen LogP contribution >= 0.6 is 0 Å². The average molecular weight is 659 g/mol. The third-order valence-electron chi connectivity index (χ3n) is 5.20. The van der Waals surface area contributed by atoms with Gasteiger partial charge in [-0.3, -0.25) is 13.9 Å². The van der Waals surface area contributed by atoms with Crippen LogP contribution in [0.4, 0.5) is 0 Å². The molecular weight excluding hydrogens is 637 g/mol. The fourth-order valence-corrected chi connectivity index (χ4v) is 5.04. The number of carboxylic acid groups (broad SMARTS) is 1. The van der Waals surface area contributed by atoms with Crippen LogP contribution in [0.25, 0.3) is 22.1 Å². The number of carboxylic acids is 1. The van der Waals surface area contributed by atoms with Gasteiger partial charge in [0.25, 0.3) is 5.56 Å². The number of fused-ring (bicyclic) bond motifs is 2. The molecule has 0 radical (unpaired) electrons. The number of rotatable bonds is 5. The van der Waals surface area contributed by atoms with E-state index in [2.05, 4.69) is 9.97 Å². The van der Waals surface area contributed by atoms with Crippen molar-refractivity contribution in [1.29, 1.82) is 0 Å². The third-order valence-corrected chi connectivity index (χ3v) is 7.71. The number of H-pyrrole nitrogens is 1. The van der Waals surface area contributed by atoms with Crippen LogP contribution < -0.4 is 16.9 Å². The monoisotopic (exact) mass is 660 g/mol. The van der Waals surface area contributed by atoms with E-state index >= 15 is 0 Å². The predicted octanol–water partition coefficient (Wildman–Crippen LogP) is 0.797. The van der Waals surface area contributed by atoms with Crippen molar-refractivity contribution >= 4 is 28.1 Å². The van der Waals surface area contributed by atoms with Gasteiger partial charge in [0.05, 0.1) is 6.33 Å². The number of hydrogen-bond donors (Lipinski definition) is 2. The van der Waals surface area contributed by atoms with Gasteiger partial charge < -0.3 is 10.5 Å². The van der Waals surface area contributed by atoms with Crippen LogP contribution in [0.3, 0.4) is 0 Å². The summed E-state index contributed by atoms with van der Waals surface area (Å²) in [6.45, 7) is 0. The molecule has 0 fully saturated rings. The molecule has 0 aliphatic heterocycles. The van der Waals surface area contributed by atoms with Crippen molar-refractivity contribution in [3.05, 3.63) is 73.0 Å². The molecule has 4 aromatic rings. The first-order chi connectivity index (χ1) is 15.7. The van der Waals surface area contributed by atoms with E-state index in [1.807, 2.05) is 12.1 Å². The first kappa shape index (κ1) is 27.2. The minimum Gasteiger partial charge on any atom is -0.870 e. The van der Waals surface area contributed by atoms with Crippen LogP contribution in [0.5, 0.6) is 0 Å². The van der Waals surface area contributed by atoms with Crippen molar-refractivity contribution in [2.75, 3.05) is 7.11 Å². The quantitative estimate of drug-likeness (QED) is 0.232. The van der Waals surface area contributed by atoms with Crippen LogP contribution in [0.15, 0.2) is 49.4 Å². The number of ether oxygens (including phenoxy) is 1. The molecule has 1 aromatic carbocycles. The number of imidazole rings is 1. The molecule has 3 aromatic heterocycles. The van der Waals surface area contributed by atoms with Gasteiger partial charge in [-0.05, 0) is 0 Å². The Bertz CT molecular complexity index is 1500. The topological polar surface area (TPSA) is 179 Å². The number of nitrogens with zero attached hydrogens (tertiary/aromatic N) is 3. The van der Waals surface area contributed by atoms with Crippen molar-refractivity contribution in [3.63, 3.8) is 0 Å². The van der Waals surface area contributed by atoms with Gasteiger partial charge in [-0.2, -0.15) is 0 Å². The molecule has 12 nitrogen and oxygen atoms in total. The number of carbonyl (C=O) groups is 1. The normalized spacial score (nSPS) is 11.6. The molecule has 1 unspecified atom stereocenters. The summed E-state index contributed by atoms with van der Waals surface area (Å²) in [6, 6.07) is 6.80. The summed E-state index contributed by atoms with van der Waals surface area (Å²) in [5, 5.41) is 9.56. The van der Waals surface area contributed by atoms with E-state index in [0.717, 1.165) is 14.1 Å². The van der Waals surface area contributed by atoms with Gasteiger partial charge >= 0.3 is 137 Å². The van der Waals surface area contributed by atoms with Gasteiger partial charge in [-0.1, -0.05) is 0 Å². The fraction of sp³-hybridized carbons (Fsp3) is 0.286. The largest absolute Gasteiger partial charge is 0.870 e. The van der Waals surface area contributed by atoms with Gasteiger partial charge in [0.2, 0.25) is 0 Å². The molecule has 13 heteroatoms. The van der Waals surface area contributed by atoms with E-state index in [1.165, 1.54) is 24.0 Å². The summed E-state index contributed by atoms with van der Waals surface area (Å²) in [4.78, 5) is 52.0. The summed E-state index contributed by atoms with van der Waals surface area (Å²) in [5.41, 5.74) is 0.169. The Morgan fingerprint density at radius 1 is 1.26 bits per heavy atom. The number of hydrogen-bond acceptors (Lipinski definition) is 8. The summed E-state index contributed by atoms with van der Waals surface area (Å²) < 4.78 is 14.0. The number of aromatic amines is 1. The van der Waals surface area contributed by atoms with Gasteiger partial charge in [-0.25, -0.2) is 9.78 Å². The molecule has 3 N–H and O–H groups in total. The Balaban J connectivity index is 0.000000253. The minimum atomic E-state index is -1.28. The Labute approximate surface area is 208 Å². The van der Waals surface area contributed by atoms with Gasteiger partial charge in [0.1, 0.15) is 5.52 Å². The standard InChI is InChI=1S/C14H13O5.C7H8N4O2.Hg.H2O/c1-8(18-2)6-9-4-3-5-10-7-11(13(15)16)14(17)19-12(9)10;1-10-5-4(8-3-9-5)6(12)11(2)7(10)13;;/h3-5,7-8H,1,6H2,2H3,(H,15,16);3H,1-2H3,(H,8,9);;1H2/q;;+1;/p-1. The summed E-state index contributed by atoms with van der Waals surface area (Å²) in [5.74, 6) is -1.28. The van der Waals surface area contributed by atoms with Crippen molar-refractivity contribution < 1.29 is 50.7 Å². The zero-order chi connectivity index (χ0) is 24.3. The second-order valence-corrected chi connectivity index (χ2v) is 9.49. The molecule has 0 saturated heterocycles. The maximum atomic E-state index is 11.7. The summed E-state index contributed by atoms with van der Waals surface area (Å²) >= 11 is 0.627. The smallest absolute Gasteiger partial charge is 0.332 e. The van der Waals surface area contributed by atoms with Crippen molar-refractivity contribution in [2.45, 2.75) is 16.5 Å². The Kier molecular flexibility index (Phi) is 9.07. The van der Waals surface area contributed by atoms with E-state index in [0.29, 0.717) is 54.7 Å². The van der Waals surface area contributed by atoms with Crippen LogP contribution in [0.2, 0.25) is 3.93 Å². The van der Waals surface area contributed by atoms with Crippen molar-refractivity contribution in [1.82, 2.24) is 19.1 Å². The van der Waals surface area contributed by atoms with Crippen LogP contribution in [0.1, 0.15) is 15.9 Å². The van der Waals surface area contributed by atoms with Gasteiger partial charge in [-0.15, -0.1) is 0 Å². The SMILES string of the molecule is COC([CH2][Hg+])Cc1cccc2cc(C(=O)O)c(=O)oc12.Cn1c(=O)c2[nH]cnc2n(C)c1=O.[OH-]. The van der Waals surface area contributed by atoms with Crippen LogP contribution in [-0.2, 0) is 51.4 Å². The fourth-order valence-electron chi connectivity index (χ4n) is 3.33. The minimum absolute atomic E-state index is 0. The molecule has 4 rings (SSSR count). The molecule has 34 heavy (non-hydrogen) atoms. The molecule has 0 aliphatic rings. The first-order valence-corrected chi connectivity index (χ1v) is 13.8. The number of aromatic nitrogens is 4. The van der Waals surface area contributed by atoms with E-state index in [4.69, 9.17) is 14.3 Å². The zero-order valence-corrected chi connectivity index (χ0v) is 24.3. The Morgan fingerprint density at radius 3 is 2.59 bits per heavy atom. The number of nitrogens with one attached hydrogen (secondary N) is 1. The number of para-hydroxylation sites is 1. The zero-order valence-electron chi connectivity index (χ0n) is 18.8. The van der Waals surface area contributed by atoms with Gasteiger partial charge in [0.15, 0.2) is 5.65 Å². The Hall–Kier alpha value is -3.09. The summed E-state index contributed by atoms with van der Waals surface area (Å²) in [7, 11) is 4.68. The van der Waals surface area contributed by atoms with E-state index in [9.17, 15) is 19.2 Å². The molecule has 0 aliphatic carbocycles. The van der Waals surface area contributed by atoms with Crippen LogP contribution in [0, 0.1) is 0 Å². The van der Waals surface area contributed by atoms with E-state index in [-0.39, 0.29) is 28.4 Å². The first-order valence-electron chi connectivity index (χ1n) is 9.89. The molecular formula is C21H22HgN4O8. The molecule has 0 spiro atoms. The number of methoxy groups -OCH3 is 1. The molecule has 0 amide bonds. The van der Waals surface area contributed by atoms with E-state index < -0.39 is 11.6 Å². The second-order valence-electron chi connectivity index (χ2n) is 7.25. The summed E-state index contributed by atoms with van der Waals surface area (Å²) in [6.07, 6.45) is 2.17.